The van der Waals surface area contributed by atoms with Gasteiger partial charge >= 0.3 is 0 Å². The van der Waals surface area contributed by atoms with E-state index in [0.717, 1.165) is 6.54 Å². The number of aryl methyl sites for hydroxylation is 1. The normalized spacial score (nSPS) is 20.8. The summed E-state index contributed by atoms with van der Waals surface area (Å²) in [5, 5.41) is 2.21. The lowest BCUT2D eigenvalue weighted by Crippen LogP contribution is -2.27. The van der Waals surface area contributed by atoms with E-state index in [0.29, 0.717) is 6.04 Å². The monoisotopic (exact) mass is 285 g/mol. The largest absolute Gasteiger partial charge is 0.291 e. The van der Waals surface area contributed by atoms with E-state index in [1.54, 1.807) is 4.88 Å². The first-order valence-corrected chi connectivity index (χ1v) is 8.54. The van der Waals surface area contributed by atoms with Crippen LogP contribution in [0.2, 0.25) is 0 Å². The molecule has 1 aliphatic rings. The molecule has 2 heteroatoms. The van der Waals surface area contributed by atoms with Crippen molar-refractivity contribution >= 4 is 11.3 Å². The van der Waals surface area contributed by atoms with Crippen LogP contribution in [0.25, 0.3) is 0 Å². The van der Waals surface area contributed by atoms with Gasteiger partial charge in [0, 0.05) is 17.5 Å². The summed E-state index contributed by atoms with van der Waals surface area (Å²) in [6.45, 7) is 4.48. The lowest BCUT2D eigenvalue weighted by molar-refractivity contribution is 0.195. The summed E-state index contributed by atoms with van der Waals surface area (Å²) in [4.78, 5) is 4.22. The van der Waals surface area contributed by atoms with E-state index in [-0.39, 0.29) is 0 Å². The maximum atomic E-state index is 2.68. The molecule has 1 aromatic carbocycles. The summed E-state index contributed by atoms with van der Waals surface area (Å²) in [6, 6.07) is 14.1. The van der Waals surface area contributed by atoms with E-state index in [9.17, 15) is 0 Å². The third-order valence-corrected chi connectivity index (χ3v) is 5.22. The molecule has 20 heavy (non-hydrogen) atoms. The van der Waals surface area contributed by atoms with Crippen LogP contribution in [0.15, 0.2) is 41.8 Å². The molecule has 0 unspecified atom stereocenters. The Morgan fingerprint density at radius 3 is 2.70 bits per heavy atom. The van der Waals surface area contributed by atoms with Gasteiger partial charge in [0.1, 0.15) is 0 Å². The van der Waals surface area contributed by atoms with E-state index >= 15 is 0 Å². The van der Waals surface area contributed by atoms with Crippen molar-refractivity contribution in [3.8, 4) is 0 Å². The highest BCUT2D eigenvalue weighted by molar-refractivity contribution is 7.10. The number of hydrogen-bond acceptors (Lipinski definition) is 2. The Morgan fingerprint density at radius 1 is 1.10 bits per heavy atom. The van der Waals surface area contributed by atoms with E-state index in [1.165, 1.54) is 43.4 Å². The van der Waals surface area contributed by atoms with E-state index in [4.69, 9.17) is 0 Å². The second kappa shape index (κ2) is 6.55. The highest BCUT2D eigenvalue weighted by Gasteiger charge is 2.23. The van der Waals surface area contributed by atoms with Gasteiger partial charge in [-0.15, -0.1) is 11.3 Å². The van der Waals surface area contributed by atoms with Crippen molar-refractivity contribution in [3.63, 3.8) is 0 Å². The molecule has 0 radical (unpaired) electrons. The molecule has 0 spiro atoms. The molecule has 2 heterocycles. The van der Waals surface area contributed by atoms with Gasteiger partial charge < -0.3 is 0 Å². The molecule has 1 aliphatic heterocycles. The Hall–Kier alpha value is -1.12. The molecule has 0 saturated carbocycles. The van der Waals surface area contributed by atoms with Crippen molar-refractivity contribution in [1.29, 1.82) is 0 Å². The predicted octanol–water partition coefficient (Wildman–Crippen LogP) is 5.17. The molecule has 1 nitrogen and oxygen atoms in total. The fourth-order valence-corrected chi connectivity index (χ4v) is 3.98. The van der Waals surface area contributed by atoms with Crippen LogP contribution < -0.4 is 0 Å². The summed E-state index contributed by atoms with van der Waals surface area (Å²) in [5.41, 5.74) is 2.79. The van der Waals surface area contributed by atoms with Gasteiger partial charge in [-0.3, -0.25) is 4.90 Å². The average Bonchev–Trinajstić information content (AvgIpc) is 2.89. The summed E-state index contributed by atoms with van der Waals surface area (Å²) >= 11 is 1.91. The second-order valence-electron chi connectivity index (χ2n) is 5.84. The van der Waals surface area contributed by atoms with Gasteiger partial charge in [-0.05, 0) is 43.3 Å². The Morgan fingerprint density at radius 2 is 1.95 bits per heavy atom. The Kier molecular flexibility index (Phi) is 4.54. The SMILES string of the molecule is Cc1ccc(CN2CCCCC[C@H]2c2cccs2)cc1. The Labute approximate surface area is 126 Å². The topological polar surface area (TPSA) is 3.24 Å². The predicted molar refractivity (Wildman–Crippen MR) is 87.1 cm³/mol. The lowest BCUT2D eigenvalue weighted by Gasteiger charge is -2.29. The van der Waals surface area contributed by atoms with Crippen molar-refractivity contribution in [1.82, 2.24) is 4.90 Å². The maximum Gasteiger partial charge on any atom is 0.0445 e. The minimum Gasteiger partial charge on any atom is -0.291 e. The summed E-state index contributed by atoms with van der Waals surface area (Å²) in [5.74, 6) is 0. The minimum absolute atomic E-state index is 0.624. The first-order chi connectivity index (χ1) is 9.83. The fourth-order valence-electron chi connectivity index (χ4n) is 3.09. The molecule has 106 valence electrons. The standard InChI is InChI=1S/C18H23NS/c1-15-8-10-16(11-9-15)14-19-12-4-2-3-6-17(19)18-7-5-13-20-18/h5,7-11,13,17H,2-4,6,12,14H2,1H3/t17-/m0/s1. The van der Waals surface area contributed by atoms with Gasteiger partial charge in [-0.25, -0.2) is 0 Å². The van der Waals surface area contributed by atoms with Crippen molar-refractivity contribution < 1.29 is 0 Å². The van der Waals surface area contributed by atoms with Crippen LogP contribution in [0, 0.1) is 6.92 Å². The third-order valence-electron chi connectivity index (χ3n) is 4.24. The highest BCUT2D eigenvalue weighted by Crippen LogP contribution is 2.33. The molecule has 1 atom stereocenters. The summed E-state index contributed by atoms with van der Waals surface area (Å²) in [7, 11) is 0. The van der Waals surface area contributed by atoms with Crippen LogP contribution in [-0.2, 0) is 6.54 Å². The number of hydrogen-bond donors (Lipinski definition) is 0. The summed E-state index contributed by atoms with van der Waals surface area (Å²) in [6.07, 6.45) is 5.40. The first-order valence-electron chi connectivity index (χ1n) is 7.66. The van der Waals surface area contributed by atoms with Gasteiger partial charge in [-0.1, -0.05) is 48.7 Å². The average molecular weight is 285 g/mol. The van der Waals surface area contributed by atoms with Crippen molar-refractivity contribution in [2.45, 2.75) is 45.2 Å². The van der Waals surface area contributed by atoms with E-state index in [2.05, 4.69) is 53.6 Å². The van der Waals surface area contributed by atoms with E-state index in [1.807, 2.05) is 11.3 Å². The molecule has 1 fully saturated rings. The summed E-state index contributed by atoms with van der Waals surface area (Å²) < 4.78 is 0. The molecule has 1 saturated heterocycles. The smallest absolute Gasteiger partial charge is 0.0445 e. The zero-order chi connectivity index (χ0) is 13.8. The van der Waals surface area contributed by atoms with Crippen molar-refractivity contribution in [3.05, 3.63) is 57.8 Å². The van der Waals surface area contributed by atoms with Gasteiger partial charge in [0.15, 0.2) is 0 Å². The van der Waals surface area contributed by atoms with Crippen LogP contribution in [-0.4, -0.2) is 11.4 Å². The molecule has 2 aromatic rings. The number of rotatable bonds is 3. The zero-order valence-corrected chi connectivity index (χ0v) is 13.0. The Balaban J connectivity index is 1.78. The highest BCUT2D eigenvalue weighted by atomic mass is 32.1. The van der Waals surface area contributed by atoms with Crippen LogP contribution in [0.1, 0.15) is 47.7 Å². The zero-order valence-electron chi connectivity index (χ0n) is 12.2. The van der Waals surface area contributed by atoms with Gasteiger partial charge in [0.25, 0.3) is 0 Å². The van der Waals surface area contributed by atoms with Crippen molar-refractivity contribution in [2.24, 2.45) is 0 Å². The number of benzene rings is 1. The van der Waals surface area contributed by atoms with Gasteiger partial charge in [0.2, 0.25) is 0 Å². The first kappa shape index (κ1) is 13.8. The van der Waals surface area contributed by atoms with Crippen LogP contribution in [0.3, 0.4) is 0 Å². The second-order valence-corrected chi connectivity index (χ2v) is 6.82. The van der Waals surface area contributed by atoms with Crippen LogP contribution in [0.4, 0.5) is 0 Å². The number of nitrogens with zero attached hydrogens (tertiary/aromatic N) is 1. The molecule has 1 aromatic heterocycles. The van der Waals surface area contributed by atoms with Gasteiger partial charge in [0.05, 0.1) is 0 Å². The number of likely N-dealkylation sites (tertiary alicyclic amines) is 1. The van der Waals surface area contributed by atoms with Crippen LogP contribution >= 0.6 is 11.3 Å². The molecule has 0 bridgehead atoms. The molecule has 0 N–H and O–H groups in total. The Bertz CT molecular complexity index is 515. The molecule has 0 amide bonds. The van der Waals surface area contributed by atoms with Crippen LogP contribution in [0.5, 0.6) is 0 Å². The third kappa shape index (κ3) is 3.31. The van der Waals surface area contributed by atoms with Crippen molar-refractivity contribution in [2.75, 3.05) is 6.54 Å². The number of thiophene rings is 1. The quantitative estimate of drug-likeness (QED) is 0.751. The maximum absolute atomic E-state index is 2.68. The molecular formula is C18H23NS. The molecule has 3 rings (SSSR count). The molecule has 0 aliphatic carbocycles. The van der Waals surface area contributed by atoms with Gasteiger partial charge in [-0.2, -0.15) is 0 Å². The molecular weight excluding hydrogens is 262 g/mol. The fraction of sp³-hybridized carbons (Fsp3) is 0.444. The lowest BCUT2D eigenvalue weighted by atomic mass is 10.1. The van der Waals surface area contributed by atoms with E-state index < -0.39 is 0 Å². The minimum atomic E-state index is 0.624.